The van der Waals surface area contributed by atoms with E-state index < -0.39 is 10.0 Å². The molecule has 0 saturated heterocycles. The Morgan fingerprint density at radius 2 is 1.95 bits per heavy atom. The lowest BCUT2D eigenvalue weighted by atomic mass is 10.3. The number of nitrogens with one attached hydrogen (secondary N) is 2. The molecule has 0 aliphatic heterocycles. The molecule has 0 fully saturated rings. The number of thiazole rings is 1. The Labute approximate surface area is 123 Å². The van der Waals surface area contributed by atoms with Gasteiger partial charge in [0.25, 0.3) is 0 Å². The second-order valence-corrected chi connectivity index (χ2v) is 7.31. The highest BCUT2D eigenvalue weighted by atomic mass is 32.2. The minimum atomic E-state index is -3.48. The van der Waals surface area contributed by atoms with E-state index in [1.807, 2.05) is 13.8 Å². The molecule has 0 bridgehead atoms. The Hall–Kier alpha value is -1.44. The van der Waals surface area contributed by atoms with Gasteiger partial charge in [-0.1, -0.05) is 0 Å². The van der Waals surface area contributed by atoms with Gasteiger partial charge < -0.3 is 5.32 Å². The molecule has 1 aromatic heterocycles. The van der Waals surface area contributed by atoms with Crippen molar-refractivity contribution < 1.29 is 8.42 Å². The molecule has 0 amide bonds. The van der Waals surface area contributed by atoms with Gasteiger partial charge in [-0.25, -0.2) is 18.1 Å². The fraction of sp³-hybridized carbons (Fsp3) is 0.308. The summed E-state index contributed by atoms with van der Waals surface area (Å²) in [6.45, 7) is 4.95. The van der Waals surface area contributed by atoms with Gasteiger partial charge in [-0.2, -0.15) is 0 Å². The zero-order chi connectivity index (χ0) is 14.6. The molecule has 108 valence electrons. The van der Waals surface area contributed by atoms with E-state index in [1.54, 1.807) is 30.5 Å². The van der Waals surface area contributed by atoms with Crippen LogP contribution in [-0.4, -0.2) is 19.9 Å². The van der Waals surface area contributed by atoms with Crippen molar-refractivity contribution in [3.8, 4) is 0 Å². The lowest BCUT2D eigenvalue weighted by Gasteiger charge is -2.07. The van der Waals surface area contributed by atoms with Crippen molar-refractivity contribution in [2.75, 3.05) is 11.9 Å². The molecule has 2 N–H and O–H groups in total. The summed E-state index contributed by atoms with van der Waals surface area (Å²) in [4.78, 5) is 5.26. The Morgan fingerprint density at radius 3 is 2.50 bits per heavy atom. The van der Waals surface area contributed by atoms with Crippen LogP contribution in [0.1, 0.15) is 16.8 Å². The van der Waals surface area contributed by atoms with Crippen molar-refractivity contribution >= 4 is 27.0 Å². The maximum absolute atomic E-state index is 12.1. The van der Waals surface area contributed by atoms with Crippen LogP contribution >= 0.6 is 11.3 Å². The van der Waals surface area contributed by atoms with E-state index in [4.69, 9.17) is 0 Å². The third-order valence-corrected chi connectivity index (χ3v) is 4.98. The maximum atomic E-state index is 12.1. The van der Waals surface area contributed by atoms with Gasteiger partial charge in [0.05, 0.1) is 9.90 Å². The number of sulfonamides is 1. The number of rotatable bonds is 6. The molecule has 0 unspecified atom stereocenters. The Morgan fingerprint density at radius 1 is 1.25 bits per heavy atom. The summed E-state index contributed by atoms with van der Waals surface area (Å²) in [6, 6.07) is 6.71. The number of nitrogens with zero attached hydrogens (tertiary/aromatic N) is 1. The normalized spacial score (nSPS) is 11.5. The van der Waals surface area contributed by atoms with Crippen LogP contribution in [0.4, 0.5) is 5.69 Å². The van der Waals surface area contributed by atoms with Crippen LogP contribution in [0.15, 0.2) is 35.4 Å². The molecule has 2 rings (SSSR count). The zero-order valence-corrected chi connectivity index (χ0v) is 13.0. The summed E-state index contributed by atoms with van der Waals surface area (Å²) in [5.74, 6) is 0. The van der Waals surface area contributed by atoms with Crippen LogP contribution < -0.4 is 10.0 Å². The first-order valence-electron chi connectivity index (χ1n) is 6.26. The summed E-state index contributed by atoms with van der Waals surface area (Å²) in [5.41, 5.74) is 0.907. The quantitative estimate of drug-likeness (QED) is 0.859. The average molecular weight is 311 g/mol. The zero-order valence-electron chi connectivity index (χ0n) is 11.4. The number of hydrogen-bond donors (Lipinski definition) is 2. The third-order valence-electron chi connectivity index (χ3n) is 2.65. The number of hydrogen-bond acceptors (Lipinski definition) is 5. The van der Waals surface area contributed by atoms with Crippen molar-refractivity contribution in [2.45, 2.75) is 25.3 Å². The Balaban J connectivity index is 2.05. The summed E-state index contributed by atoms with van der Waals surface area (Å²) in [7, 11) is -3.48. The molecule has 2 aromatic rings. The maximum Gasteiger partial charge on any atom is 0.240 e. The monoisotopic (exact) mass is 311 g/mol. The standard InChI is InChI=1S/C13H17N3O2S2/c1-3-14-11-4-6-13(7-5-11)20(17,18)16-9-12-8-15-10(2)19-12/h4-8,14,16H,3,9H2,1-2H3. The number of aromatic nitrogens is 1. The largest absolute Gasteiger partial charge is 0.385 e. The van der Waals surface area contributed by atoms with Gasteiger partial charge in [0.2, 0.25) is 10.0 Å². The molecule has 0 radical (unpaired) electrons. The molecule has 1 heterocycles. The van der Waals surface area contributed by atoms with E-state index in [9.17, 15) is 8.42 Å². The van der Waals surface area contributed by atoms with E-state index in [2.05, 4.69) is 15.0 Å². The molecule has 0 atom stereocenters. The molecular weight excluding hydrogens is 294 g/mol. The molecular formula is C13H17N3O2S2. The number of benzene rings is 1. The summed E-state index contributed by atoms with van der Waals surface area (Å²) in [6.07, 6.45) is 1.69. The highest BCUT2D eigenvalue weighted by Crippen LogP contribution is 2.16. The minimum absolute atomic E-state index is 0.264. The van der Waals surface area contributed by atoms with Gasteiger partial charge in [0.15, 0.2) is 0 Å². The van der Waals surface area contributed by atoms with Crippen LogP contribution in [0, 0.1) is 6.92 Å². The van der Waals surface area contributed by atoms with Gasteiger partial charge in [-0.15, -0.1) is 11.3 Å². The fourth-order valence-corrected chi connectivity index (χ4v) is 3.53. The van der Waals surface area contributed by atoms with Gasteiger partial charge in [-0.05, 0) is 38.1 Å². The van der Waals surface area contributed by atoms with Gasteiger partial charge in [0.1, 0.15) is 0 Å². The predicted molar refractivity (Wildman–Crippen MR) is 81.5 cm³/mol. The first kappa shape index (κ1) is 15.0. The van der Waals surface area contributed by atoms with E-state index in [-0.39, 0.29) is 11.4 Å². The fourth-order valence-electron chi connectivity index (χ4n) is 1.69. The van der Waals surface area contributed by atoms with E-state index in [0.29, 0.717) is 0 Å². The van der Waals surface area contributed by atoms with Crippen LogP contribution in [0.5, 0.6) is 0 Å². The molecule has 1 aromatic carbocycles. The second-order valence-electron chi connectivity index (χ2n) is 4.22. The topological polar surface area (TPSA) is 71.1 Å². The lowest BCUT2D eigenvalue weighted by molar-refractivity contribution is 0.582. The summed E-state index contributed by atoms with van der Waals surface area (Å²) in [5, 5.41) is 4.05. The van der Waals surface area contributed by atoms with Crippen LogP contribution in [-0.2, 0) is 16.6 Å². The summed E-state index contributed by atoms with van der Waals surface area (Å²) < 4.78 is 26.8. The van der Waals surface area contributed by atoms with Crippen LogP contribution in [0.25, 0.3) is 0 Å². The van der Waals surface area contributed by atoms with Gasteiger partial charge in [0, 0.05) is 29.9 Å². The third kappa shape index (κ3) is 3.78. The predicted octanol–water partition coefficient (Wildman–Crippen LogP) is 2.36. The summed E-state index contributed by atoms with van der Waals surface area (Å²) >= 11 is 1.48. The van der Waals surface area contributed by atoms with Crippen molar-refractivity contribution in [3.05, 3.63) is 40.3 Å². The van der Waals surface area contributed by atoms with Crippen molar-refractivity contribution in [2.24, 2.45) is 0 Å². The smallest absolute Gasteiger partial charge is 0.240 e. The SMILES string of the molecule is CCNc1ccc(S(=O)(=O)NCc2cnc(C)s2)cc1. The molecule has 0 aliphatic carbocycles. The van der Waals surface area contributed by atoms with Crippen LogP contribution in [0.3, 0.4) is 0 Å². The Bertz CT molecular complexity index is 663. The van der Waals surface area contributed by atoms with Crippen molar-refractivity contribution in [1.82, 2.24) is 9.71 Å². The van der Waals surface area contributed by atoms with Gasteiger partial charge in [-0.3, -0.25) is 0 Å². The number of aryl methyl sites for hydroxylation is 1. The van der Waals surface area contributed by atoms with E-state index in [0.717, 1.165) is 22.1 Å². The van der Waals surface area contributed by atoms with Crippen molar-refractivity contribution in [3.63, 3.8) is 0 Å². The highest BCUT2D eigenvalue weighted by molar-refractivity contribution is 7.89. The van der Waals surface area contributed by atoms with Gasteiger partial charge >= 0.3 is 0 Å². The molecule has 5 nitrogen and oxygen atoms in total. The molecule has 0 aliphatic rings. The molecule has 0 spiro atoms. The lowest BCUT2D eigenvalue weighted by Crippen LogP contribution is -2.22. The minimum Gasteiger partial charge on any atom is -0.385 e. The Kier molecular flexibility index (Phi) is 4.74. The second kappa shape index (κ2) is 6.34. The van der Waals surface area contributed by atoms with Crippen molar-refractivity contribution in [1.29, 1.82) is 0 Å². The highest BCUT2D eigenvalue weighted by Gasteiger charge is 2.14. The first-order chi connectivity index (χ1) is 9.51. The van der Waals surface area contributed by atoms with E-state index in [1.165, 1.54) is 11.3 Å². The molecule has 20 heavy (non-hydrogen) atoms. The number of anilines is 1. The van der Waals surface area contributed by atoms with E-state index >= 15 is 0 Å². The van der Waals surface area contributed by atoms with Crippen LogP contribution in [0.2, 0.25) is 0 Å². The first-order valence-corrected chi connectivity index (χ1v) is 8.56. The molecule has 7 heteroatoms. The molecule has 0 saturated carbocycles. The average Bonchev–Trinajstić information content (AvgIpc) is 2.84.